The molecule has 2 aromatic rings. The summed E-state index contributed by atoms with van der Waals surface area (Å²) in [5, 5.41) is 2.99. The van der Waals surface area contributed by atoms with Crippen molar-refractivity contribution in [3.63, 3.8) is 0 Å². The molecule has 0 atom stereocenters. The van der Waals surface area contributed by atoms with Gasteiger partial charge in [0, 0.05) is 19.0 Å². The lowest BCUT2D eigenvalue weighted by Gasteiger charge is -2.18. The van der Waals surface area contributed by atoms with Gasteiger partial charge >= 0.3 is 0 Å². The Morgan fingerprint density at radius 3 is 1.90 bits per heavy atom. The van der Waals surface area contributed by atoms with Crippen molar-refractivity contribution < 1.29 is 14.3 Å². The number of ether oxygens (including phenoxy) is 2. The third-order valence-electron chi connectivity index (χ3n) is 4.62. The number of alkyl halides is 1. The summed E-state index contributed by atoms with van der Waals surface area (Å²) in [6.07, 6.45) is 4.46. The Morgan fingerprint density at radius 1 is 0.759 bits per heavy atom. The fraction of sp³-hybridized carbons (Fsp3) is 0.458. The monoisotopic (exact) mass is 417 g/mol. The molecule has 0 aromatic heterocycles. The van der Waals surface area contributed by atoms with E-state index in [0.717, 1.165) is 49.3 Å². The zero-order chi connectivity index (χ0) is 20.6. The predicted molar refractivity (Wildman–Crippen MR) is 119 cm³/mol. The molecule has 0 heterocycles. The highest BCUT2D eigenvalue weighted by Crippen LogP contribution is 2.24. The lowest BCUT2D eigenvalue weighted by Crippen LogP contribution is -2.32. The van der Waals surface area contributed by atoms with Crippen LogP contribution in [0, 0.1) is 0 Å². The first kappa shape index (κ1) is 23.4. The van der Waals surface area contributed by atoms with Crippen LogP contribution in [0.2, 0.25) is 0 Å². The van der Waals surface area contributed by atoms with Crippen molar-refractivity contribution in [2.75, 3.05) is 38.9 Å². The normalized spacial score (nSPS) is 11.0. The summed E-state index contributed by atoms with van der Waals surface area (Å²) in [5.74, 6) is 0.404. The van der Waals surface area contributed by atoms with Crippen molar-refractivity contribution >= 4 is 17.5 Å². The number of halogens is 1. The van der Waals surface area contributed by atoms with E-state index in [1.54, 1.807) is 0 Å². The van der Waals surface area contributed by atoms with Crippen LogP contribution in [0.25, 0.3) is 0 Å². The number of hydrogen-bond donors (Lipinski definition) is 1. The molecule has 158 valence electrons. The fourth-order valence-electron chi connectivity index (χ4n) is 3.11. The van der Waals surface area contributed by atoms with Crippen LogP contribution in [0.5, 0.6) is 0 Å². The minimum atomic E-state index is -0.320. The van der Waals surface area contributed by atoms with E-state index in [-0.39, 0.29) is 11.8 Å². The Bertz CT molecular complexity index is 627. The molecule has 29 heavy (non-hydrogen) atoms. The van der Waals surface area contributed by atoms with Crippen molar-refractivity contribution in [3.05, 3.63) is 71.8 Å². The average Bonchev–Trinajstić information content (AvgIpc) is 2.76. The van der Waals surface area contributed by atoms with Crippen LogP contribution in [0.4, 0.5) is 0 Å². The van der Waals surface area contributed by atoms with Gasteiger partial charge in [0.1, 0.15) is 0 Å². The first-order valence-corrected chi connectivity index (χ1v) is 11.0. The molecule has 0 saturated heterocycles. The zero-order valence-corrected chi connectivity index (χ0v) is 17.8. The lowest BCUT2D eigenvalue weighted by molar-refractivity contribution is -0.121. The van der Waals surface area contributed by atoms with Crippen LogP contribution < -0.4 is 5.32 Å². The third kappa shape index (κ3) is 9.44. The molecular formula is C24H32ClNO3. The largest absolute Gasteiger partial charge is 0.379 e. The number of amides is 1. The van der Waals surface area contributed by atoms with E-state index < -0.39 is 0 Å². The molecule has 0 unspecified atom stereocenters. The maximum absolute atomic E-state index is 12.8. The molecule has 0 spiro atoms. The van der Waals surface area contributed by atoms with E-state index in [1.165, 1.54) is 0 Å². The molecule has 2 rings (SSSR count). The second kappa shape index (κ2) is 15.0. The highest BCUT2D eigenvalue weighted by molar-refractivity contribution is 6.17. The van der Waals surface area contributed by atoms with E-state index in [4.69, 9.17) is 21.1 Å². The minimum absolute atomic E-state index is 0.0146. The molecule has 4 nitrogen and oxygen atoms in total. The van der Waals surface area contributed by atoms with Gasteiger partial charge in [0.25, 0.3) is 0 Å². The smallest absolute Gasteiger partial charge is 0.232 e. The molecule has 0 aliphatic heterocycles. The maximum atomic E-state index is 12.8. The number of carbonyl (C=O) groups is 1. The van der Waals surface area contributed by atoms with Crippen LogP contribution >= 0.6 is 11.6 Å². The summed E-state index contributed by atoms with van der Waals surface area (Å²) in [4.78, 5) is 12.8. The van der Waals surface area contributed by atoms with Gasteiger partial charge in [-0.05, 0) is 24.0 Å². The molecule has 1 amide bonds. The molecule has 5 heteroatoms. The summed E-state index contributed by atoms with van der Waals surface area (Å²) in [6.45, 7) is 2.84. The van der Waals surface area contributed by atoms with E-state index in [9.17, 15) is 4.79 Å². The summed E-state index contributed by atoms with van der Waals surface area (Å²) in [7, 11) is 0. The van der Waals surface area contributed by atoms with Crippen LogP contribution in [0.3, 0.4) is 0 Å². The number of rotatable bonds is 15. The Morgan fingerprint density at radius 2 is 1.31 bits per heavy atom. The summed E-state index contributed by atoms with van der Waals surface area (Å²) in [5.41, 5.74) is 1.97. The molecule has 0 radical (unpaired) electrons. The van der Waals surface area contributed by atoms with Crippen LogP contribution in [0.15, 0.2) is 60.7 Å². The zero-order valence-electron chi connectivity index (χ0n) is 17.0. The minimum Gasteiger partial charge on any atom is -0.379 e. The van der Waals surface area contributed by atoms with Crippen molar-refractivity contribution in [2.24, 2.45) is 0 Å². The van der Waals surface area contributed by atoms with Crippen molar-refractivity contribution in [2.45, 2.75) is 31.6 Å². The number of hydrogen-bond acceptors (Lipinski definition) is 3. The maximum Gasteiger partial charge on any atom is 0.232 e. The molecule has 1 N–H and O–H groups in total. The number of nitrogens with one attached hydrogen (secondary N) is 1. The van der Waals surface area contributed by atoms with Crippen molar-refractivity contribution in [1.29, 1.82) is 0 Å². The second-order valence-electron chi connectivity index (χ2n) is 6.87. The molecule has 0 bridgehead atoms. The Hall–Kier alpha value is -1.88. The van der Waals surface area contributed by atoms with Crippen molar-refractivity contribution in [1.82, 2.24) is 5.32 Å². The number of unbranched alkanes of at least 4 members (excludes halogenated alkanes) is 3. The summed E-state index contributed by atoms with van der Waals surface area (Å²) >= 11 is 5.65. The SMILES string of the molecule is O=C(NCCOCCOCCCCCCCl)C(c1ccccc1)c1ccccc1. The first-order valence-electron chi connectivity index (χ1n) is 10.4. The lowest BCUT2D eigenvalue weighted by atomic mass is 9.90. The molecule has 0 aliphatic carbocycles. The van der Waals surface area contributed by atoms with Crippen LogP contribution in [0.1, 0.15) is 42.7 Å². The highest BCUT2D eigenvalue weighted by Gasteiger charge is 2.21. The van der Waals surface area contributed by atoms with Gasteiger partial charge in [0.15, 0.2) is 0 Å². The quantitative estimate of drug-likeness (QED) is 0.335. The molecule has 0 aliphatic rings. The van der Waals surface area contributed by atoms with Crippen LogP contribution in [-0.2, 0) is 14.3 Å². The summed E-state index contributed by atoms with van der Waals surface area (Å²) in [6, 6.07) is 19.7. The van der Waals surface area contributed by atoms with Gasteiger partial charge in [0.05, 0.1) is 25.7 Å². The summed E-state index contributed by atoms with van der Waals surface area (Å²) < 4.78 is 11.1. The Labute approximate surface area is 179 Å². The Balaban J connectivity index is 1.64. The van der Waals surface area contributed by atoms with Gasteiger partial charge in [-0.25, -0.2) is 0 Å². The van der Waals surface area contributed by atoms with E-state index in [2.05, 4.69) is 5.32 Å². The average molecular weight is 418 g/mol. The standard InChI is InChI=1S/C24H32ClNO3/c25-15-9-1-2-10-17-28-19-20-29-18-16-26-24(27)23(21-11-5-3-6-12-21)22-13-7-4-8-14-22/h3-8,11-14,23H,1-2,9-10,15-20H2,(H,26,27). The second-order valence-corrected chi connectivity index (χ2v) is 7.25. The van der Waals surface area contributed by atoms with E-state index >= 15 is 0 Å². The third-order valence-corrected chi connectivity index (χ3v) is 4.89. The predicted octanol–water partition coefficient (Wildman–Crippen LogP) is 4.77. The first-order chi connectivity index (χ1) is 14.3. The molecule has 0 fully saturated rings. The molecule has 2 aromatic carbocycles. The number of benzene rings is 2. The molecular weight excluding hydrogens is 386 g/mol. The van der Waals surface area contributed by atoms with Gasteiger partial charge in [-0.1, -0.05) is 73.5 Å². The number of carbonyl (C=O) groups excluding carboxylic acids is 1. The van der Waals surface area contributed by atoms with Gasteiger partial charge in [-0.15, -0.1) is 11.6 Å². The highest BCUT2D eigenvalue weighted by atomic mass is 35.5. The van der Waals surface area contributed by atoms with Crippen molar-refractivity contribution in [3.8, 4) is 0 Å². The van der Waals surface area contributed by atoms with Gasteiger partial charge < -0.3 is 14.8 Å². The Kier molecular flexibility index (Phi) is 12.1. The fourth-order valence-corrected chi connectivity index (χ4v) is 3.30. The van der Waals surface area contributed by atoms with Gasteiger partial charge in [0.2, 0.25) is 5.91 Å². The topological polar surface area (TPSA) is 47.6 Å². The molecule has 0 saturated carbocycles. The van der Waals surface area contributed by atoms with Crippen LogP contribution in [-0.4, -0.2) is 44.8 Å². The van der Waals surface area contributed by atoms with E-state index in [1.807, 2.05) is 60.7 Å². The van der Waals surface area contributed by atoms with Gasteiger partial charge in [-0.2, -0.15) is 0 Å². The van der Waals surface area contributed by atoms with E-state index in [0.29, 0.717) is 26.4 Å². The van der Waals surface area contributed by atoms with Gasteiger partial charge in [-0.3, -0.25) is 4.79 Å².